The van der Waals surface area contributed by atoms with Crippen LogP contribution in [0.25, 0.3) is 0 Å². The van der Waals surface area contributed by atoms with Crippen molar-refractivity contribution in [1.82, 2.24) is 19.6 Å². The molecule has 0 atom stereocenters. The van der Waals surface area contributed by atoms with Crippen LogP contribution in [0, 0.1) is 0 Å². The van der Waals surface area contributed by atoms with E-state index in [1.54, 1.807) is 4.68 Å². The third-order valence-electron chi connectivity index (χ3n) is 5.86. The predicted octanol–water partition coefficient (Wildman–Crippen LogP) is 1.61. The van der Waals surface area contributed by atoms with Gasteiger partial charge in [0.05, 0.1) is 18.9 Å². The Labute approximate surface area is 175 Å². The quantitative estimate of drug-likeness (QED) is 0.824. The van der Waals surface area contributed by atoms with Crippen LogP contribution >= 0.6 is 0 Å². The van der Waals surface area contributed by atoms with Crippen LogP contribution in [0.5, 0.6) is 11.5 Å². The summed E-state index contributed by atoms with van der Waals surface area (Å²) in [6.07, 6.45) is 0.789. The number of anilines is 1. The first-order valence-electron chi connectivity index (χ1n) is 10.5. The molecule has 1 aromatic carbocycles. The molecule has 5 rings (SSSR count). The van der Waals surface area contributed by atoms with Crippen LogP contribution in [0.3, 0.4) is 0 Å². The van der Waals surface area contributed by atoms with Crippen molar-refractivity contribution >= 4 is 11.8 Å². The van der Waals surface area contributed by atoms with Crippen LogP contribution in [-0.4, -0.2) is 71.6 Å². The van der Waals surface area contributed by atoms with E-state index in [1.807, 2.05) is 18.0 Å². The summed E-state index contributed by atoms with van der Waals surface area (Å²) in [5, 5.41) is 7.56. The first-order valence-corrected chi connectivity index (χ1v) is 10.5. The summed E-state index contributed by atoms with van der Waals surface area (Å²) >= 11 is 0. The Bertz CT molecular complexity index is 936. The summed E-state index contributed by atoms with van der Waals surface area (Å²) in [6, 6.07) is 6.04. The highest BCUT2D eigenvalue weighted by atomic mass is 16.6. The van der Waals surface area contributed by atoms with Crippen LogP contribution in [0.2, 0.25) is 0 Å². The van der Waals surface area contributed by atoms with Crippen molar-refractivity contribution < 1.29 is 19.0 Å². The molecule has 0 unspecified atom stereocenters. The molecule has 0 aliphatic carbocycles. The molecule has 30 heavy (non-hydrogen) atoms. The number of carbonyl (C=O) groups is 1. The second-order valence-electron chi connectivity index (χ2n) is 7.87. The minimum atomic E-state index is -0.0784. The van der Waals surface area contributed by atoms with Crippen LogP contribution in [0.15, 0.2) is 18.2 Å². The molecule has 1 N–H and O–H groups in total. The largest absolute Gasteiger partial charge is 0.486 e. The number of urea groups is 1. The Kier molecular flexibility index (Phi) is 5.22. The third-order valence-corrected chi connectivity index (χ3v) is 5.86. The minimum Gasteiger partial charge on any atom is -0.486 e. The van der Waals surface area contributed by atoms with Crippen molar-refractivity contribution in [2.45, 2.75) is 19.6 Å². The fourth-order valence-corrected chi connectivity index (χ4v) is 4.21. The van der Waals surface area contributed by atoms with Crippen molar-refractivity contribution in [2.24, 2.45) is 7.05 Å². The standard InChI is InChI=1S/C21H27N5O4/c1-24-20(16-14-28-9-4-17(16)23-24)22-21(27)26-7-5-25(6-8-26)13-15-2-3-18-19(12-15)30-11-10-29-18/h2-3,12H,4-11,13-14H2,1H3,(H,22,27). The number of nitrogens with one attached hydrogen (secondary N) is 1. The molecule has 9 nitrogen and oxygen atoms in total. The minimum absolute atomic E-state index is 0.0784. The van der Waals surface area contributed by atoms with Gasteiger partial charge in [0.2, 0.25) is 0 Å². The fraction of sp³-hybridized carbons (Fsp3) is 0.524. The SMILES string of the molecule is Cn1nc2c(c1NC(=O)N1CCN(Cc3ccc4c(c3)OCCO4)CC1)COCC2. The summed E-state index contributed by atoms with van der Waals surface area (Å²) < 4.78 is 18.6. The number of aryl methyl sites for hydroxylation is 1. The van der Waals surface area contributed by atoms with E-state index in [9.17, 15) is 4.79 Å². The maximum absolute atomic E-state index is 12.8. The highest BCUT2D eigenvalue weighted by Gasteiger charge is 2.25. The lowest BCUT2D eigenvalue weighted by Crippen LogP contribution is -2.49. The van der Waals surface area contributed by atoms with Gasteiger partial charge in [-0.3, -0.25) is 14.9 Å². The Balaban J connectivity index is 1.16. The number of nitrogens with zero attached hydrogens (tertiary/aromatic N) is 4. The number of fused-ring (bicyclic) bond motifs is 2. The van der Waals surface area contributed by atoms with Gasteiger partial charge in [-0.15, -0.1) is 0 Å². The van der Waals surface area contributed by atoms with Crippen molar-refractivity contribution in [2.75, 3.05) is 51.3 Å². The van der Waals surface area contributed by atoms with Gasteiger partial charge in [0.15, 0.2) is 11.5 Å². The van der Waals surface area contributed by atoms with Crippen molar-refractivity contribution in [3.05, 3.63) is 35.0 Å². The van der Waals surface area contributed by atoms with Crippen LogP contribution in [0.1, 0.15) is 16.8 Å². The first kappa shape index (κ1) is 19.2. The summed E-state index contributed by atoms with van der Waals surface area (Å²) in [5.41, 5.74) is 3.20. The Morgan fingerprint density at radius 3 is 2.73 bits per heavy atom. The van der Waals surface area contributed by atoms with Gasteiger partial charge in [-0.2, -0.15) is 5.10 Å². The average molecular weight is 413 g/mol. The molecule has 3 aliphatic rings. The van der Waals surface area contributed by atoms with Crippen LogP contribution < -0.4 is 14.8 Å². The summed E-state index contributed by atoms with van der Waals surface area (Å²) in [4.78, 5) is 17.0. The first-order chi connectivity index (χ1) is 14.7. The molecular weight excluding hydrogens is 386 g/mol. The smallest absolute Gasteiger partial charge is 0.323 e. The number of rotatable bonds is 3. The molecule has 0 radical (unpaired) electrons. The normalized spacial score (nSPS) is 18.8. The molecular formula is C21H27N5O4. The highest BCUT2D eigenvalue weighted by molar-refractivity contribution is 5.89. The van der Waals surface area contributed by atoms with Gasteiger partial charge in [0.25, 0.3) is 0 Å². The molecule has 160 valence electrons. The zero-order chi connectivity index (χ0) is 20.5. The van der Waals surface area contributed by atoms with E-state index in [0.717, 1.165) is 54.6 Å². The molecule has 0 bridgehead atoms. The summed E-state index contributed by atoms with van der Waals surface area (Å²) in [6.45, 7) is 6.24. The Morgan fingerprint density at radius 2 is 1.90 bits per heavy atom. The van der Waals surface area contributed by atoms with Crippen molar-refractivity contribution in [3.63, 3.8) is 0 Å². The number of carbonyl (C=O) groups excluding carboxylic acids is 1. The molecule has 0 spiro atoms. The van der Waals surface area contributed by atoms with Crippen LogP contribution in [0.4, 0.5) is 10.6 Å². The number of aromatic nitrogens is 2. The molecule has 1 fully saturated rings. The highest BCUT2D eigenvalue weighted by Crippen LogP contribution is 2.31. The molecule has 2 aromatic rings. The zero-order valence-corrected chi connectivity index (χ0v) is 17.2. The maximum Gasteiger partial charge on any atom is 0.323 e. The van der Waals surface area contributed by atoms with Gasteiger partial charge in [-0.25, -0.2) is 4.79 Å². The molecule has 3 aliphatic heterocycles. The van der Waals surface area contributed by atoms with E-state index in [-0.39, 0.29) is 6.03 Å². The Hall–Kier alpha value is -2.78. The van der Waals surface area contributed by atoms with Gasteiger partial charge in [-0.05, 0) is 17.7 Å². The number of piperazine rings is 1. The van der Waals surface area contributed by atoms with E-state index in [1.165, 1.54) is 5.56 Å². The molecule has 1 aromatic heterocycles. The average Bonchev–Trinajstić information content (AvgIpc) is 3.09. The van der Waals surface area contributed by atoms with Gasteiger partial charge < -0.3 is 19.1 Å². The van der Waals surface area contributed by atoms with E-state index < -0.39 is 0 Å². The summed E-state index contributed by atoms with van der Waals surface area (Å²) in [7, 11) is 1.86. The lowest BCUT2D eigenvalue weighted by atomic mass is 10.1. The van der Waals surface area contributed by atoms with Crippen molar-refractivity contribution in [1.29, 1.82) is 0 Å². The molecule has 2 amide bonds. The van der Waals surface area contributed by atoms with Gasteiger partial charge >= 0.3 is 6.03 Å². The van der Waals surface area contributed by atoms with E-state index >= 15 is 0 Å². The Morgan fingerprint density at radius 1 is 1.10 bits per heavy atom. The molecule has 0 saturated carbocycles. The lowest BCUT2D eigenvalue weighted by molar-refractivity contribution is 0.110. The van der Waals surface area contributed by atoms with Gasteiger partial charge in [0.1, 0.15) is 19.0 Å². The number of amides is 2. The number of hydrogen-bond acceptors (Lipinski definition) is 6. The van der Waals surface area contributed by atoms with E-state index in [4.69, 9.17) is 14.2 Å². The third kappa shape index (κ3) is 3.82. The zero-order valence-electron chi connectivity index (χ0n) is 17.2. The van der Waals surface area contributed by atoms with E-state index in [0.29, 0.717) is 39.5 Å². The van der Waals surface area contributed by atoms with E-state index in [2.05, 4.69) is 27.4 Å². The predicted molar refractivity (Wildman–Crippen MR) is 110 cm³/mol. The lowest BCUT2D eigenvalue weighted by Gasteiger charge is -2.35. The second-order valence-corrected chi connectivity index (χ2v) is 7.87. The fourth-order valence-electron chi connectivity index (χ4n) is 4.21. The van der Waals surface area contributed by atoms with Crippen LogP contribution in [-0.2, 0) is 31.4 Å². The molecule has 4 heterocycles. The number of benzene rings is 1. The number of hydrogen-bond donors (Lipinski definition) is 1. The monoisotopic (exact) mass is 413 g/mol. The maximum atomic E-state index is 12.8. The molecule has 1 saturated heterocycles. The second kappa shape index (κ2) is 8.16. The molecule has 9 heteroatoms. The van der Waals surface area contributed by atoms with Crippen molar-refractivity contribution in [3.8, 4) is 11.5 Å². The van der Waals surface area contributed by atoms with Gasteiger partial charge in [-0.1, -0.05) is 6.07 Å². The van der Waals surface area contributed by atoms with Gasteiger partial charge in [0, 0.05) is 51.8 Å². The topological polar surface area (TPSA) is 81.1 Å². The summed E-state index contributed by atoms with van der Waals surface area (Å²) in [5.74, 6) is 2.38. The number of ether oxygens (including phenoxy) is 3.